The van der Waals surface area contributed by atoms with Crippen molar-refractivity contribution < 1.29 is 22.7 Å². The minimum Gasteiger partial charge on any atom is -0.383 e. The third-order valence-corrected chi connectivity index (χ3v) is 6.43. The Labute approximate surface area is 161 Å². The second-order valence-corrected chi connectivity index (χ2v) is 8.36. The molecule has 1 aromatic carbocycles. The van der Waals surface area contributed by atoms with Crippen molar-refractivity contribution in [2.75, 3.05) is 53.6 Å². The van der Waals surface area contributed by atoms with Crippen LogP contribution in [0.15, 0.2) is 29.2 Å². The lowest BCUT2D eigenvalue weighted by Crippen LogP contribution is -2.37. The average molecular weight is 400 g/mol. The molecule has 1 aromatic rings. The predicted molar refractivity (Wildman–Crippen MR) is 102 cm³/mol. The third-order valence-electron chi connectivity index (χ3n) is 4.52. The van der Waals surface area contributed by atoms with Gasteiger partial charge in [0.1, 0.15) is 0 Å². The molecule has 1 saturated heterocycles. The van der Waals surface area contributed by atoms with Crippen LogP contribution in [0.2, 0.25) is 0 Å². The van der Waals surface area contributed by atoms with Gasteiger partial charge in [0.25, 0.3) is 5.91 Å². The van der Waals surface area contributed by atoms with Gasteiger partial charge in [0.05, 0.1) is 18.1 Å². The molecule has 2 rings (SSSR count). The van der Waals surface area contributed by atoms with Crippen LogP contribution in [0.3, 0.4) is 0 Å². The second kappa shape index (κ2) is 10.7. The van der Waals surface area contributed by atoms with E-state index in [1.54, 1.807) is 0 Å². The molecule has 0 saturated carbocycles. The summed E-state index contributed by atoms with van der Waals surface area (Å²) in [6, 6.07) is 6.31. The molecule has 1 fully saturated rings. The molecule has 0 spiro atoms. The number of hydrogen-bond acceptors (Lipinski definition) is 6. The predicted octanol–water partition coefficient (Wildman–Crippen LogP) is 0.452. The maximum absolute atomic E-state index is 12.8. The Balaban J connectivity index is 2.02. The first kappa shape index (κ1) is 21.8. The van der Waals surface area contributed by atoms with Gasteiger partial charge in [0, 0.05) is 45.5 Å². The first-order valence-corrected chi connectivity index (χ1v) is 10.5. The summed E-state index contributed by atoms with van der Waals surface area (Å²) >= 11 is 0. The second-order valence-electron chi connectivity index (χ2n) is 6.42. The van der Waals surface area contributed by atoms with E-state index in [1.165, 1.54) is 42.8 Å². The number of nitrogens with zero attached hydrogens (tertiary/aromatic N) is 1. The first-order valence-electron chi connectivity index (χ1n) is 9.08. The van der Waals surface area contributed by atoms with Crippen molar-refractivity contribution in [3.8, 4) is 0 Å². The summed E-state index contributed by atoms with van der Waals surface area (Å²) in [4.78, 5) is 12.4. The molecule has 0 aromatic heterocycles. The van der Waals surface area contributed by atoms with Gasteiger partial charge in [-0.3, -0.25) is 4.79 Å². The van der Waals surface area contributed by atoms with Gasteiger partial charge in [-0.1, -0.05) is 0 Å². The zero-order valence-electron chi connectivity index (χ0n) is 15.9. The standard InChI is InChI=1S/C18H29N3O5S/c1-25-12-10-21(11-13-26-2)27(23,24)17-7-5-15(6-8-17)18(22)20-14-16-4-3-9-19-16/h5-8,16,19H,3-4,9-14H2,1-2H3,(H,20,22). The fourth-order valence-corrected chi connectivity index (χ4v) is 4.32. The van der Waals surface area contributed by atoms with E-state index in [9.17, 15) is 13.2 Å². The quantitative estimate of drug-likeness (QED) is 0.561. The number of amides is 1. The lowest BCUT2D eigenvalue weighted by atomic mass is 10.2. The van der Waals surface area contributed by atoms with Crippen LogP contribution in [0, 0.1) is 0 Å². The van der Waals surface area contributed by atoms with E-state index in [0.717, 1.165) is 19.4 Å². The monoisotopic (exact) mass is 399 g/mol. The Hall–Kier alpha value is -1.52. The maximum Gasteiger partial charge on any atom is 0.251 e. The summed E-state index contributed by atoms with van der Waals surface area (Å²) in [7, 11) is -0.635. The minimum absolute atomic E-state index is 0.142. The van der Waals surface area contributed by atoms with Crippen LogP contribution in [-0.2, 0) is 19.5 Å². The van der Waals surface area contributed by atoms with Crippen LogP contribution >= 0.6 is 0 Å². The Morgan fingerprint density at radius 1 is 1.19 bits per heavy atom. The van der Waals surface area contributed by atoms with E-state index < -0.39 is 10.0 Å². The van der Waals surface area contributed by atoms with Gasteiger partial charge in [0.2, 0.25) is 10.0 Å². The van der Waals surface area contributed by atoms with Crippen molar-refractivity contribution in [2.45, 2.75) is 23.8 Å². The fraction of sp³-hybridized carbons (Fsp3) is 0.611. The zero-order chi connectivity index (χ0) is 19.7. The minimum atomic E-state index is -3.68. The van der Waals surface area contributed by atoms with E-state index in [1.807, 2.05) is 0 Å². The molecule has 0 bridgehead atoms. The van der Waals surface area contributed by atoms with Crippen molar-refractivity contribution in [3.05, 3.63) is 29.8 Å². The molecular weight excluding hydrogens is 370 g/mol. The summed E-state index contributed by atoms with van der Waals surface area (Å²) in [6.07, 6.45) is 2.17. The van der Waals surface area contributed by atoms with Gasteiger partial charge < -0.3 is 20.1 Å². The Kier molecular flexibility index (Phi) is 8.65. The molecule has 27 heavy (non-hydrogen) atoms. The summed E-state index contributed by atoms with van der Waals surface area (Å²) in [5.74, 6) is -0.205. The lowest BCUT2D eigenvalue weighted by Gasteiger charge is -2.21. The molecule has 0 radical (unpaired) electrons. The molecule has 1 unspecified atom stereocenters. The highest BCUT2D eigenvalue weighted by molar-refractivity contribution is 7.89. The van der Waals surface area contributed by atoms with E-state index in [-0.39, 0.29) is 23.9 Å². The number of benzene rings is 1. The number of sulfonamides is 1. The average Bonchev–Trinajstić information content (AvgIpc) is 3.19. The number of methoxy groups -OCH3 is 2. The summed E-state index contributed by atoms with van der Waals surface area (Å²) in [6.45, 7) is 2.60. The van der Waals surface area contributed by atoms with Crippen LogP contribution in [0.25, 0.3) is 0 Å². The van der Waals surface area contributed by atoms with Crippen LogP contribution in [0.5, 0.6) is 0 Å². The first-order chi connectivity index (χ1) is 13.0. The Bertz CT molecular complexity index is 679. The summed E-state index contributed by atoms with van der Waals surface area (Å²) in [5.41, 5.74) is 0.437. The number of carbonyl (C=O) groups is 1. The summed E-state index contributed by atoms with van der Waals surface area (Å²) in [5, 5.41) is 6.20. The van der Waals surface area contributed by atoms with E-state index in [2.05, 4.69) is 10.6 Å². The fourth-order valence-electron chi connectivity index (χ4n) is 2.91. The third kappa shape index (κ3) is 6.25. The smallest absolute Gasteiger partial charge is 0.251 e. The molecule has 1 heterocycles. The molecule has 9 heteroatoms. The van der Waals surface area contributed by atoms with Gasteiger partial charge in [-0.05, 0) is 43.7 Å². The largest absolute Gasteiger partial charge is 0.383 e. The molecule has 1 amide bonds. The molecule has 1 aliphatic rings. The highest BCUT2D eigenvalue weighted by Crippen LogP contribution is 2.16. The number of carbonyl (C=O) groups excluding carboxylic acids is 1. The highest BCUT2D eigenvalue weighted by atomic mass is 32.2. The van der Waals surface area contributed by atoms with Crippen LogP contribution in [0.4, 0.5) is 0 Å². The molecular formula is C18H29N3O5S. The number of ether oxygens (including phenoxy) is 2. The van der Waals surface area contributed by atoms with Gasteiger partial charge in [-0.25, -0.2) is 8.42 Å². The Morgan fingerprint density at radius 3 is 2.33 bits per heavy atom. The highest BCUT2D eigenvalue weighted by Gasteiger charge is 2.24. The van der Waals surface area contributed by atoms with Crippen molar-refractivity contribution >= 4 is 15.9 Å². The van der Waals surface area contributed by atoms with Crippen molar-refractivity contribution in [3.63, 3.8) is 0 Å². The SMILES string of the molecule is COCCN(CCOC)S(=O)(=O)c1ccc(C(=O)NCC2CCCN2)cc1. The molecule has 1 aliphatic heterocycles. The molecule has 1 atom stereocenters. The van der Waals surface area contributed by atoms with E-state index in [4.69, 9.17) is 9.47 Å². The Morgan fingerprint density at radius 2 is 1.81 bits per heavy atom. The molecule has 0 aliphatic carbocycles. The van der Waals surface area contributed by atoms with E-state index in [0.29, 0.717) is 31.4 Å². The number of nitrogens with one attached hydrogen (secondary N) is 2. The van der Waals surface area contributed by atoms with Crippen molar-refractivity contribution in [1.82, 2.24) is 14.9 Å². The van der Waals surface area contributed by atoms with E-state index >= 15 is 0 Å². The van der Waals surface area contributed by atoms with Crippen LogP contribution in [0.1, 0.15) is 23.2 Å². The lowest BCUT2D eigenvalue weighted by molar-refractivity contribution is 0.0950. The molecule has 152 valence electrons. The van der Waals surface area contributed by atoms with Crippen molar-refractivity contribution in [1.29, 1.82) is 0 Å². The summed E-state index contributed by atoms with van der Waals surface area (Å²) < 4.78 is 37.0. The van der Waals surface area contributed by atoms with Gasteiger partial charge in [-0.15, -0.1) is 0 Å². The normalized spacial score (nSPS) is 17.4. The van der Waals surface area contributed by atoms with Crippen molar-refractivity contribution in [2.24, 2.45) is 0 Å². The maximum atomic E-state index is 12.8. The molecule has 2 N–H and O–H groups in total. The zero-order valence-corrected chi connectivity index (χ0v) is 16.8. The van der Waals surface area contributed by atoms with Gasteiger partial charge in [0.15, 0.2) is 0 Å². The van der Waals surface area contributed by atoms with Crippen LogP contribution in [-0.4, -0.2) is 78.3 Å². The van der Waals surface area contributed by atoms with Gasteiger partial charge >= 0.3 is 0 Å². The van der Waals surface area contributed by atoms with Crippen LogP contribution < -0.4 is 10.6 Å². The number of hydrogen-bond donors (Lipinski definition) is 2. The number of rotatable bonds is 11. The molecule has 8 nitrogen and oxygen atoms in total. The van der Waals surface area contributed by atoms with Gasteiger partial charge in [-0.2, -0.15) is 4.31 Å². The topological polar surface area (TPSA) is 97.0 Å².